The number of fused-ring (bicyclic) bond motifs is 1. The fourth-order valence-electron chi connectivity index (χ4n) is 4.29. The van der Waals surface area contributed by atoms with Crippen molar-refractivity contribution in [3.05, 3.63) is 53.7 Å². The number of nitriles is 1. The van der Waals surface area contributed by atoms with E-state index in [2.05, 4.69) is 20.8 Å². The predicted molar refractivity (Wildman–Crippen MR) is 129 cm³/mol. The summed E-state index contributed by atoms with van der Waals surface area (Å²) in [5.74, 6) is 0.666. The van der Waals surface area contributed by atoms with Crippen molar-refractivity contribution in [3.8, 4) is 6.07 Å². The second-order valence-corrected chi connectivity index (χ2v) is 10.2. The summed E-state index contributed by atoms with van der Waals surface area (Å²) >= 11 is 0. The SMILES string of the molecule is CC[C@H](C)[C@H](N=C1NS(=O)(=O)c2ccccc21)C(=O)N1CCCN(c2ncccc2C#N)CC1. The van der Waals surface area contributed by atoms with Crippen molar-refractivity contribution in [2.75, 3.05) is 31.1 Å². The Morgan fingerprint density at radius 1 is 1.21 bits per heavy atom. The van der Waals surface area contributed by atoms with E-state index in [0.29, 0.717) is 43.1 Å². The van der Waals surface area contributed by atoms with Gasteiger partial charge in [-0.3, -0.25) is 14.5 Å². The molecule has 10 heteroatoms. The highest BCUT2D eigenvalue weighted by Gasteiger charge is 2.35. The zero-order valence-corrected chi connectivity index (χ0v) is 20.1. The van der Waals surface area contributed by atoms with E-state index in [9.17, 15) is 18.5 Å². The van der Waals surface area contributed by atoms with E-state index in [-0.39, 0.29) is 22.6 Å². The standard InChI is InChI=1S/C24H28N6O3S/c1-3-17(2)21(27-22-19-9-4-5-10-20(19)34(32,33)28-22)24(31)30-13-7-12-29(14-15-30)23-18(16-25)8-6-11-26-23/h4-6,8-11,17,21H,3,7,12-15H2,1-2H3,(H,27,28)/t17-,21-/m0/s1. The first kappa shape index (κ1) is 23.7. The van der Waals surface area contributed by atoms with E-state index in [1.807, 2.05) is 18.7 Å². The first-order valence-corrected chi connectivity index (χ1v) is 12.9. The molecule has 1 saturated heterocycles. The zero-order chi connectivity index (χ0) is 24.3. The lowest BCUT2D eigenvalue weighted by Crippen LogP contribution is -2.44. The van der Waals surface area contributed by atoms with E-state index in [4.69, 9.17) is 0 Å². The molecule has 0 unspecified atom stereocenters. The molecule has 2 aliphatic rings. The maximum atomic E-state index is 13.6. The van der Waals surface area contributed by atoms with Gasteiger partial charge in [0, 0.05) is 37.9 Å². The van der Waals surface area contributed by atoms with Crippen LogP contribution in [-0.2, 0) is 14.8 Å². The van der Waals surface area contributed by atoms with Crippen LogP contribution >= 0.6 is 0 Å². The van der Waals surface area contributed by atoms with Crippen LogP contribution in [0.15, 0.2) is 52.5 Å². The molecule has 178 valence electrons. The van der Waals surface area contributed by atoms with E-state index < -0.39 is 16.1 Å². The zero-order valence-electron chi connectivity index (χ0n) is 19.3. The number of amides is 1. The predicted octanol–water partition coefficient (Wildman–Crippen LogP) is 2.15. The summed E-state index contributed by atoms with van der Waals surface area (Å²) in [6, 6.07) is 11.6. The molecule has 0 spiro atoms. The number of hydrogen-bond donors (Lipinski definition) is 1. The molecule has 4 rings (SSSR count). The molecule has 1 amide bonds. The summed E-state index contributed by atoms with van der Waals surface area (Å²) in [6.07, 6.45) is 3.12. The molecular weight excluding hydrogens is 452 g/mol. The summed E-state index contributed by atoms with van der Waals surface area (Å²) in [4.78, 5) is 26.7. The van der Waals surface area contributed by atoms with Gasteiger partial charge >= 0.3 is 0 Å². The van der Waals surface area contributed by atoms with Crippen LogP contribution in [0.3, 0.4) is 0 Å². The lowest BCUT2D eigenvalue weighted by molar-refractivity contribution is -0.133. The van der Waals surface area contributed by atoms with Crippen LogP contribution in [0, 0.1) is 17.2 Å². The van der Waals surface area contributed by atoms with E-state index in [1.54, 1.807) is 41.4 Å². The average Bonchev–Trinajstić information content (AvgIpc) is 2.99. The molecule has 2 atom stereocenters. The number of sulfonamides is 1. The van der Waals surface area contributed by atoms with Crippen LogP contribution < -0.4 is 9.62 Å². The summed E-state index contributed by atoms with van der Waals surface area (Å²) in [5.41, 5.74) is 1.00. The Morgan fingerprint density at radius 2 is 2.00 bits per heavy atom. The molecule has 0 radical (unpaired) electrons. The Balaban J connectivity index is 1.57. The lowest BCUT2D eigenvalue weighted by Gasteiger charge is -2.28. The minimum absolute atomic E-state index is 0.0717. The number of nitrogens with zero attached hydrogens (tertiary/aromatic N) is 5. The van der Waals surface area contributed by atoms with E-state index in [0.717, 1.165) is 12.8 Å². The molecule has 1 fully saturated rings. The number of aliphatic imine (C=N–C) groups is 1. The molecule has 0 aliphatic carbocycles. The Labute approximate surface area is 200 Å². The molecule has 1 aromatic heterocycles. The van der Waals surface area contributed by atoms with Crippen LogP contribution in [0.5, 0.6) is 0 Å². The van der Waals surface area contributed by atoms with Crippen LogP contribution in [0.1, 0.15) is 37.8 Å². The monoisotopic (exact) mass is 480 g/mol. The maximum Gasteiger partial charge on any atom is 0.263 e. The van der Waals surface area contributed by atoms with Crippen molar-refractivity contribution in [1.29, 1.82) is 5.26 Å². The summed E-state index contributed by atoms with van der Waals surface area (Å²) < 4.78 is 27.5. The number of pyridine rings is 1. The van der Waals surface area contributed by atoms with Crippen LogP contribution in [0.25, 0.3) is 0 Å². The number of benzene rings is 1. The van der Waals surface area contributed by atoms with Crippen molar-refractivity contribution in [2.45, 2.75) is 37.6 Å². The van der Waals surface area contributed by atoms with Gasteiger partial charge in [0.2, 0.25) is 5.91 Å². The van der Waals surface area contributed by atoms with Crippen LogP contribution in [0.4, 0.5) is 5.82 Å². The number of aromatic nitrogens is 1. The van der Waals surface area contributed by atoms with Crippen LogP contribution in [-0.4, -0.2) is 62.3 Å². The largest absolute Gasteiger partial charge is 0.354 e. The highest BCUT2D eigenvalue weighted by Crippen LogP contribution is 2.25. The fraction of sp³-hybridized carbons (Fsp3) is 0.417. The van der Waals surface area contributed by atoms with Crippen molar-refractivity contribution < 1.29 is 13.2 Å². The van der Waals surface area contributed by atoms with E-state index >= 15 is 0 Å². The number of nitrogens with one attached hydrogen (secondary N) is 1. The van der Waals surface area contributed by atoms with Gasteiger partial charge in [-0.05, 0) is 36.6 Å². The Kier molecular flexibility index (Phi) is 6.84. The molecule has 0 bridgehead atoms. The summed E-state index contributed by atoms with van der Waals surface area (Å²) in [5, 5.41) is 9.42. The number of amidine groups is 1. The maximum absolute atomic E-state index is 13.6. The number of anilines is 1. The van der Waals surface area contributed by atoms with Gasteiger partial charge in [-0.1, -0.05) is 32.4 Å². The number of rotatable bonds is 5. The van der Waals surface area contributed by atoms with Crippen LogP contribution in [0.2, 0.25) is 0 Å². The van der Waals surface area contributed by atoms with Gasteiger partial charge in [0.1, 0.15) is 23.8 Å². The van der Waals surface area contributed by atoms with Gasteiger partial charge in [-0.15, -0.1) is 0 Å². The normalized spacial score (nSPS) is 20.1. The number of hydrogen-bond acceptors (Lipinski definition) is 7. The smallest absolute Gasteiger partial charge is 0.263 e. The highest BCUT2D eigenvalue weighted by molar-refractivity contribution is 7.90. The van der Waals surface area contributed by atoms with Gasteiger partial charge in [0.15, 0.2) is 0 Å². The Hall–Kier alpha value is -3.45. The first-order valence-electron chi connectivity index (χ1n) is 11.4. The third kappa shape index (κ3) is 4.61. The minimum atomic E-state index is -3.68. The fourth-order valence-corrected chi connectivity index (χ4v) is 5.53. The second kappa shape index (κ2) is 9.81. The first-order chi connectivity index (χ1) is 16.4. The number of carbonyl (C=O) groups excluding carboxylic acids is 1. The Bertz CT molecular complexity index is 1250. The van der Waals surface area contributed by atoms with Crippen molar-refractivity contribution in [3.63, 3.8) is 0 Å². The molecule has 9 nitrogen and oxygen atoms in total. The third-order valence-corrected chi connectivity index (χ3v) is 7.78. The molecular formula is C24H28N6O3S. The van der Waals surface area contributed by atoms with Gasteiger partial charge < -0.3 is 9.80 Å². The van der Waals surface area contributed by atoms with Crippen molar-refractivity contribution in [2.24, 2.45) is 10.9 Å². The average molecular weight is 481 g/mol. The molecule has 2 aromatic rings. The Morgan fingerprint density at radius 3 is 2.76 bits per heavy atom. The van der Waals surface area contributed by atoms with Gasteiger partial charge in [0.25, 0.3) is 10.0 Å². The van der Waals surface area contributed by atoms with Gasteiger partial charge in [-0.2, -0.15) is 5.26 Å². The molecule has 1 N–H and O–H groups in total. The summed E-state index contributed by atoms with van der Waals surface area (Å²) in [7, 11) is -3.68. The molecule has 34 heavy (non-hydrogen) atoms. The van der Waals surface area contributed by atoms with Gasteiger partial charge in [0.05, 0.1) is 10.5 Å². The van der Waals surface area contributed by atoms with Crippen molar-refractivity contribution in [1.82, 2.24) is 14.6 Å². The molecule has 3 heterocycles. The molecule has 0 saturated carbocycles. The second-order valence-electron chi connectivity index (χ2n) is 8.56. The lowest BCUT2D eigenvalue weighted by atomic mass is 9.98. The topological polar surface area (TPSA) is 119 Å². The van der Waals surface area contributed by atoms with Crippen molar-refractivity contribution >= 4 is 27.6 Å². The molecule has 2 aliphatic heterocycles. The quantitative estimate of drug-likeness (QED) is 0.700. The summed E-state index contributed by atoms with van der Waals surface area (Å²) in [6.45, 7) is 6.22. The number of carbonyl (C=O) groups is 1. The highest BCUT2D eigenvalue weighted by atomic mass is 32.2. The van der Waals surface area contributed by atoms with E-state index in [1.165, 1.54) is 6.07 Å². The molecule has 1 aromatic carbocycles. The third-order valence-electron chi connectivity index (χ3n) is 6.38. The van der Waals surface area contributed by atoms with Gasteiger partial charge in [-0.25, -0.2) is 13.4 Å². The minimum Gasteiger partial charge on any atom is -0.354 e.